The predicted molar refractivity (Wildman–Crippen MR) is 81.8 cm³/mol. The van der Waals surface area contributed by atoms with Gasteiger partial charge in [-0.2, -0.15) is 0 Å². The zero-order valence-electron chi connectivity index (χ0n) is 11.3. The lowest BCUT2D eigenvalue weighted by Gasteiger charge is -2.09. The molecule has 0 radical (unpaired) electrons. The molecule has 0 spiro atoms. The van der Waals surface area contributed by atoms with Crippen molar-refractivity contribution < 1.29 is 23.1 Å². The third-order valence-electron chi connectivity index (χ3n) is 3.19. The van der Waals surface area contributed by atoms with Crippen molar-refractivity contribution in [1.29, 1.82) is 0 Å². The van der Waals surface area contributed by atoms with Gasteiger partial charge in [0.1, 0.15) is 5.75 Å². The maximum Gasteiger partial charge on any atom is 0.707 e. The molecule has 2 N–H and O–H groups in total. The number of nitrogens with zero attached hydrogens (tertiary/aromatic N) is 1. The van der Waals surface area contributed by atoms with Gasteiger partial charge in [-0.05, 0) is 30.3 Å². The van der Waals surface area contributed by atoms with Gasteiger partial charge < -0.3 is 14.7 Å². The molecule has 3 aromatic rings. The zero-order chi connectivity index (χ0) is 15.7. The fraction of sp³-hybridized carbons (Fsp3) is 0. The van der Waals surface area contributed by atoms with Gasteiger partial charge in [0, 0.05) is 11.6 Å². The molecule has 0 aliphatic rings. The van der Waals surface area contributed by atoms with Crippen LogP contribution in [0.25, 0.3) is 10.9 Å². The second kappa shape index (κ2) is 5.49. The summed E-state index contributed by atoms with van der Waals surface area (Å²) >= 11 is 0. The Kier molecular flexibility index (Phi) is 3.65. The lowest BCUT2D eigenvalue weighted by atomic mass is 10.2. The Morgan fingerprint density at radius 1 is 0.955 bits per heavy atom. The van der Waals surface area contributed by atoms with Crippen LogP contribution in [0.3, 0.4) is 0 Å². The van der Waals surface area contributed by atoms with Crippen molar-refractivity contribution in [2.75, 3.05) is 0 Å². The van der Waals surface area contributed by atoms with E-state index in [1.54, 1.807) is 36.4 Å². The standard InChI is InChI=1S/C14H12BNO5S/c17-15(18)21-14-8-4-7-13-12(14)9-10-16(13)22(19,20)11-5-2-1-3-6-11/h1-10,17-18H. The van der Waals surface area contributed by atoms with Crippen molar-refractivity contribution in [3.05, 3.63) is 60.8 Å². The maximum atomic E-state index is 12.7. The summed E-state index contributed by atoms with van der Waals surface area (Å²) in [6, 6.07) is 14.3. The van der Waals surface area contributed by atoms with E-state index in [1.165, 1.54) is 24.4 Å². The Labute approximate surface area is 127 Å². The smallest absolute Gasteiger partial charge is 0.511 e. The minimum Gasteiger partial charge on any atom is -0.511 e. The molecule has 1 heterocycles. The molecular weight excluding hydrogens is 305 g/mol. The van der Waals surface area contributed by atoms with E-state index in [2.05, 4.69) is 0 Å². The van der Waals surface area contributed by atoms with Gasteiger partial charge in [-0.1, -0.05) is 24.3 Å². The molecule has 1 aromatic heterocycles. The van der Waals surface area contributed by atoms with Gasteiger partial charge in [0.15, 0.2) is 0 Å². The SMILES string of the molecule is O=S(=O)(c1ccccc1)n1ccc2c(OB(O)O)cccc21. The first kappa shape index (κ1) is 14.6. The molecule has 0 bridgehead atoms. The largest absolute Gasteiger partial charge is 0.707 e. The molecule has 0 amide bonds. The maximum absolute atomic E-state index is 12.7. The first-order valence-electron chi connectivity index (χ1n) is 6.43. The van der Waals surface area contributed by atoms with Crippen LogP contribution in [0.4, 0.5) is 0 Å². The molecule has 3 rings (SSSR count). The van der Waals surface area contributed by atoms with Crippen molar-refractivity contribution in [2.24, 2.45) is 0 Å². The number of benzene rings is 2. The van der Waals surface area contributed by atoms with Crippen LogP contribution in [0, 0.1) is 0 Å². The van der Waals surface area contributed by atoms with Crippen LogP contribution in [0.1, 0.15) is 0 Å². The number of fused-ring (bicyclic) bond motifs is 1. The summed E-state index contributed by atoms with van der Waals surface area (Å²) in [5, 5.41) is 18.3. The molecule has 6 nitrogen and oxygen atoms in total. The van der Waals surface area contributed by atoms with Crippen LogP contribution in [0.15, 0.2) is 65.7 Å². The third kappa shape index (κ3) is 2.48. The molecular formula is C14H12BNO5S. The average molecular weight is 317 g/mol. The van der Waals surface area contributed by atoms with Crippen LogP contribution in [0.5, 0.6) is 5.75 Å². The molecule has 0 aliphatic heterocycles. The van der Waals surface area contributed by atoms with Gasteiger partial charge in [-0.25, -0.2) is 12.4 Å². The van der Waals surface area contributed by atoms with E-state index in [1.807, 2.05) is 0 Å². The molecule has 0 fully saturated rings. The Bertz CT molecular complexity index is 905. The normalized spacial score (nSPS) is 11.5. The highest BCUT2D eigenvalue weighted by Gasteiger charge is 2.21. The summed E-state index contributed by atoms with van der Waals surface area (Å²) in [6.07, 6.45) is 1.41. The minimum absolute atomic E-state index is 0.168. The molecule has 22 heavy (non-hydrogen) atoms. The third-order valence-corrected chi connectivity index (χ3v) is 4.89. The Morgan fingerprint density at radius 3 is 2.36 bits per heavy atom. The Balaban J connectivity index is 2.17. The summed E-state index contributed by atoms with van der Waals surface area (Å²) in [5.41, 5.74) is 0.391. The summed E-state index contributed by atoms with van der Waals surface area (Å²) in [7, 11) is -5.70. The zero-order valence-corrected chi connectivity index (χ0v) is 12.1. The van der Waals surface area contributed by atoms with Gasteiger partial charge in [0.2, 0.25) is 0 Å². The first-order valence-corrected chi connectivity index (χ1v) is 7.87. The number of hydrogen-bond donors (Lipinski definition) is 2. The van der Waals surface area contributed by atoms with Crippen LogP contribution in [0.2, 0.25) is 0 Å². The van der Waals surface area contributed by atoms with Crippen molar-refractivity contribution in [2.45, 2.75) is 4.90 Å². The quantitative estimate of drug-likeness (QED) is 0.707. The molecule has 0 aliphatic carbocycles. The molecule has 2 aromatic carbocycles. The topological polar surface area (TPSA) is 88.8 Å². The number of hydrogen-bond acceptors (Lipinski definition) is 5. The molecule has 0 atom stereocenters. The highest BCUT2D eigenvalue weighted by molar-refractivity contribution is 7.90. The summed E-state index contributed by atoms with van der Waals surface area (Å²) in [5.74, 6) is 0.189. The Morgan fingerprint density at radius 2 is 1.68 bits per heavy atom. The van der Waals surface area contributed by atoms with E-state index in [0.717, 1.165) is 3.97 Å². The van der Waals surface area contributed by atoms with Crippen molar-refractivity contribution >= 4 is 28.2 Å². The van der Waals surface area contributed by atoms with Gasteiger partial charge in [0.05, 0.1) is 10.4 Å². The first-order chi connectivity index (χ1) is 10.5. The van der Waals surface area contributed by atoms with Crippen molar-refractivity contribution in [3.8, 4) is 5.75 Å². The van der Waals surface area contributed by atoms with Crippen molar-refractivity contribution in [1.82, 2.24) is 3.97 Å². The van der Waals surface area contributed by atoms with E-state index in [-0.39, 0.29) is 10.6 Å². The van der Waals surface area contributed by atoms with Crippen LogP contribution >= 0.6 is 0 Å². The lowest BCUT2D eigenvalue weighted by molar-refractivity contribution is 0.289. The second-order valence-electron chi connectivity index (χ2n) is 4.56. The van der Waals surface area contributed by atoms with Gasteiger partial charge in [-0.3, -0.25) is 0 Å². The predicted octanol–water partition coefficient (Wildman–Crippen LogP) is 1.23. The van der Waals surface area contributed by atoms with E-state index in [9.17, 15) is 8.42 Å². The minimum atomic E-state index is -3.73. The highest BCUT2D eigenvalue weighted by Crippen LogP contribution is 2.29. The average Bonchev–Trinajstić information content (AvgIpc) is 2.93. The highest BCUT2D eigenvalue weighted by atomic mass is 32.2. The molecule has 112 valence electrons. The molecule has 0 unspecified atom stereocenters. The van der Waals surface area contributed by atoms with Crippen LogP contribution in [-0.2, 0) is 10.0 Å². The summed E-state index contributed by atoms with van der Waals surface area (Å²) < 4.78 is 31.3. The van der Waals surface area contributed by atoms with E-state index in [0.29, 0.717) is 10.9 Å². The monoisotopic (exact) mass is 317 g/mol. The van der Waals surface area contributed by atoms with E-state index >= 15 is 0 Å². The number of aromatic nitrogens is 1. The second-order valence-corrected chi connectivity index (χ2v) is 6.38. The van der Waals surface area contributed by atoms with E-state index < -0.39 is 17.3 Å². The number of rotatable bonds is 4. The van der Waals surface area contributed by atoms with Crippen LogP contribution in [-0.4, -0.2) is 29.8 Å². The fourth-order valence-electron chi connectivity index (χ4n) is 2.25. The molecule has 0 saturated carbocycles. The summed E-state index contributed by atoms with van der Waals surface area (Å²) in [6.45, 7) is 0. The van der Waals surface area contributed by atoms with Gasteiger partial charge in [0.25, 0.3) is 10.0 Å². The lowest BCUT2D eigenvalue weighted by Crippen LogP contribution is -2.20. The van der Waals surface area contributed by atoms with Crippen molar-refractivity contribution in [3.63, 3.8) is 0 Å². The Hall–Kier alpha value is -2.29. The van der Waals surface area contributed by atoms with Gasteiger partial charge in [-0.15, -0.1) is 0 Å². The molecule has 0 saturated heterocycles. The fourth-order valence-corrected chi connectivity index (χ4v) is 3.61. The van der Waals surface area contributed by atoms with E-state index in [4.69, 9.17) is 14.7 Å². The summed E-state index contributed by atoms with van der Waals surface area (Å²) in [4.78, 5) is 0.168. The van der Waals surface area contributed by atoms with Gasteiger partial charge >= 0.3 is 7.32 Å². The van der Waals surface area contributed by atoms with Crippen LogP contribution < -0.4 is 4.65 Å². The molecule has 8 heteroatoms.